The molecular formula is C19H18F18O4. The predicted molar refractivity (Wildman–Crippen MR) is 96.0 cm³/mol. The highest BCUT2D eigenvalue weighted by atomic mass is 19.4. The van der Waals surface area contributed by atoms with Gasteiger partial charge in [-0.1, -0.05) is 0 Å². The number of halogens is 18. The van der Waals surface area contributed by atoms with E-state index in [1.54, 1.807) is 0 Å². The van der Waals surface area contributed by atoms with Gasteiger partial charge in [-0.15, -0.1) is 0 Å². The maximum absolute atomic E-state index is 14.1. The second-order valence-corrected chi connectivity index (χ2v) is 8.23. The van der Waals surface area contributed by atoms with E-state index in [4.69, 9.17) is 0 Å². The van der Waals surface area contributed by atoms with Crippen molar-refractivity contribution in [2.75, 3.05) is 13.2 Å². The van der Waals surface area contributed by atoms with Crippen molar-refractivity contribution in [3.8, 4) is 0 Å². The molecule has 0 unspecified atom stereocenters. The zero-order chi connectivity index (χ0) is 33.3. The molecule has 0 bridgehead atoms. The lowest BCUT2D eigenvalue weighted by molar-refractivity contribution is -0.398. The van der Waals surface area contributed by atoms with Gasteiger partial charge in [0.1, 0.15) is 0 Å². The second-order valence-electron chi connectivity index (χ2n) is 8.23. The van der Waals surface area contributed by atoms with E-state index in [1.807, 2.05) is 0 Å². The fourth-order valence-electron chi connectivity index (χ4n) is 3.03. The molecule has 0 amide bonds. The Morgan fingerprint density at radius 3 is 0.878 bits per heavy atom. The van der Waals surface area contributed by atoms with Gasteiger partial charge in [-0.25, -0.2) is 0 Å². The van der Waals surface area contributed by atoms with Crippen molar-refractivity contribution in [1.29, 1.82) is 0 Å². The van der Waals surface area contributed by atoms with Gasteiger partial charge in [0, 0.05) is 12.8 Å². The minimum atomic E-state index is -7.50. The molecule has 0 aromatic carbocycles. The molecule has 0 aliphatic carbocycles. The normalized spacial score (nSPS) is 15.1. The zero-order valence-corrected chi connectivity index (χ0v) is 20.2. The van der Waals surface area contributed by atoms with Gasteiger partial charge in [0.2, 0.25) is 0 Å². The Hall–Kier alpha value is -2.32. The molecule has 0 rings (SSSR count). The van der Waals surface area contributed by atoms with E-state index in [0.29, 0.717) is 0 Å². The van der Waals surface area contributed by atoms with Crippen LogP contribution < -0.4 is 0 Å². The first-order valence-corrected chi connectivity index (χ1v) is 10.6. The molecule has 244 valence electrons. The standard InChI is InChI=1S/C19H18F18O4/c1-3-40-9(38)11(10(39)41-4-2,5-7-12(20,21)14(24,25)16(28,29)18(32,33)34)6-8-13(22,23)15(26,27)17(30,31)19(35,36)37/h3-8H2,1-2H3. The Labute approximate surface area is 217 Å². The third-order valence-corrected chi connectivity index (χ3v) is 5.48. The van der Waals surface area contributed by atoms with Gasteiger partial charge in [0.15, 0.2) is 5.41 Å². The lowest BCUT2D eigenvalue weighted by Crippen LogP contribution is -2.61. The second kappa shape index (κ2) is 11.8. The van der Waals surface area contributed by atoms with Crippen molar-refractivity contribution in [2.24, 2.45) is 5.41 Å². The first kappa shape index (κ1) is 38.7. The maximum atomic E-state index is 14.1. The van der Waals surface area contributed by atoms with Crippen LogP contribution in [-0.2, 0) is 19.1 Å². The topological polar surface area (TPSA) is 52.6 Å². The Bertz CT molecular complexity index is 848. The Morgan fingerprint density at radius 2 is 0.683 bits per heavy atom. The minimum absolute atomic E-state index is 0.826. The average molecular weight is 652 g/mol. The van der Waals surface area contributed by atoms with Crippen LogP contribution in [-0.4, -0.2) is 73.0 Å². The Morgan fingerprint density at radius 1 is 0.439 bits per heavy atom. The summed E-state index contributed by atoms with van der Waals surface area (Å²) in [7, 11) is 0. The van der Waals surface area contributed by atoms with Crippen LogP contribution in [0.2, 0.25) is 0 Å². The van der Waals surface area contributed by atoms with Gasteiger partial charge in [-0.05, 0) is 26.7 Å². The number of alkyl halides is 18. The highest BCUT2D eigenvalue weighted by Crippen LogP contribution is 2.57. The minimum Gasteiger partial charge on any atom is -0.465 e. The quantitative estimate of drug-likeness (QED) is 0.110. The molecular weight excluding hydrogens is 634 g/mol. The molecule has 0 radical (unpaired) electrons. The number of ether oxygens (including phenoxy) is 2. The first-order chi connectivity index (χ1) is 17.9. The fourth-order valence-corrected chi connectivity index (χ4v) is 3.03. The lowest BCUT2D eigenvalue weighted by atomic mass is 9.76. The third-order valence-electron chi connectivity index (χ3n) is 5.48. The van der Waals surface area contributed by atoms with Crippen molar-refractivity contribution in [3.05, 3.63) is 0 Å². The van der Waals surface area contributed by atoms with E-state index in [-0.39, 0.29) is 0 Å². The van der Waals surface area contributed by atoms with Crippen LogP contribution in [0.5, 0.6) is 0 Å². The van der Waals surface area contributed by atoms with Crippen molar-refractivity contribution >= 4 is 11.9 Å². The maximum Gasteiger partial charge on any atom is 0.460 e. The van der Waals surface area contributed by atoms with Crippen LogP contribution in [0.3, 0.4) is 0 Å². The first-order valence-electron chi connectivity index (χ1n) is 10.6. The number of hydrogen-bond donors (Lipinski definition) is 0. The Balaban J connectivity index is 6.83. The summed E-state index contributed by atoms with van der Waals surface area (Å²) < 4.78 is 246. The lowest BCUT2D eigenvalue weighted by Gasteiger charge is -2.37. The molecule has 0 saturated heterocycles. The molecule has 0 aliphatic heterocycles. The summed E-state index contributed by atoms with van der Waals surface area (Å²) in [6.45, 7) is -0.297. The summed E-state index contributed by atoms with van der Waals surface area (Å²) in [5, 5.41) is 0. The number of carbonyl (C=O) groups excluding carboxylic acids is 2. The fraction of sp³-hybridized carbons (Fsp3) is 0.895. The van der Waals surface area contributed by atoms with Crippen LogP contribution >= 0.6 is 0 Å². The summed E-state index contributed by atoms with van der Waals surface area (Å²) in [6, 6.07) is 0. The number of carbonyl (C=O) groups is 2. The van der Waals surface area contributed by atoms with Crippen LogP contribution in [0.25, 0.3) is 0 Å². The van der Waals surface area contributed by atoms with E-state index >= 15 is 0 Å². The van der Waals surface area contributed by atoms with Crippen molar-refractivity contribution in [3.63, 3.8) is 0 Å². The smallest absolute Gasteiger partial charge is 0.460 e. The van der Waals surface area contributed by atoms with Crippen LogP contribution in [0.4, 0.5) is 79.0 Å². The highest BCUT2D eigenvalue weighted by Gasteiger charge is 2.83. The summed E-state index contributed by atoms with van der Waals surface area (Å²) in [6.07, 6.45) is -25.9. The molecule has 22 heteroatoms. The number of rotatable bonds is 14. The average Bonchev–Trinajstić information content (AvgIpc) is 2.77. The highest BCUT2D eigenvalue weighted by molar-refractivity contribution is 6.00. The SMILES string of the molecule is CCOC(=O)C(CCC(F)(F)C(F)(F)C(F)(F)C(F)(F)F)(CCC(F)(F)C(F)(F)C(F)(F)C(F)(F)F)C(=O)OCC. The zero-order valence-electron chi connectivity index (χ0n) is 20.2. The van der Waals surface area contributed by atoms with E-state index in [1.165, 1.54) is 0 Å². The molecule has 0 atom stereocenters. The third kappa shape index (κ3) is 6.85. The van der Waals surface area contributed by atoms with Crippen LogP contribution in [0.15, 0.2) is 0 Å². The molecule has 0 fully saturated rings. The van der Waals surface area contributed by atoms with Crippen molar-refractivity contribution < 1.29 is 98.1 Å². The molecule has 41 heavy (non-hydrogen) atoms. The molecule has 0 aromatic rings. The molecule has 0 saturated carbocycles. The van der Waals surface area contributed by atoms with E-state index in [0.717, 1.165) is 13.8 Å². The van der Waals surface area contributed by atoms with E-state index in [9.17, 15) is 88.6 Å². The molecule has 0 spiro atoms. The summed E-state index contributed by atoms with van der Waals surface area (Å²) >= 11 is 0. The molecule has 0 aromatic heterocycles. The van der Waals surface area contributed by atoms with Crippen LogP contribution in [0, 0.1) is 5.41 Å². The summed E-state index contributed by atoms with van der Waals surface area (Å²) in [5.74, 6) is -47.7. The monoisotopic (exact) mass is 652 g/mol. The molecule has 4 nitrogen and oxygen atoms in total. The summed E-state index contributed by atoms with van der Waals surface area (Å²) in [4.78, 5) is 24.8. The summed E-state index contributed by atoms with van der Waals surface area (Å²) in [5.41, 5.74) is -4.02. The predicted octanol–water partition coefficient (Wildman–Crippen LogP) is 7.60. The van der Waals surface area contributed by atoms with Gasteiger partial charge in [0.25, 0.3) is 0 Å². The van der Waals surface area contributed by atoms with Gasteiger partial charge in [0.05, 0.1) is 13.2 Å². The van der Waals surface area contributed by atoms with Gasteiger partial charge >= 0.3 is 59.8 Å². The van der Waals surface area contributed by atoms with Crippen molar-refractivity contribution in [1.82, 2.24) is 0 Å². The van der Waals surface area contributed by atoms with E-state index < -0.39 is 104 Å². The van der Waals surface area contributed by atoms with Gasteiger partial charge in [-0.2, -0.15) is 79.0 Å². The van der Waals surface area contributed by atoms with Crippen molar-refractivity contribution in [2.45, 2.75) is 87.4 Å². The number of hydrogen-bond acceptors (Lipinski definition) is 4. The largest absolute Gasteiger partial charge is 0.465 e. The molecule has 0 N–H and O–H groups in total. The van der Waals surface area contributed by atoms with Gasteiger partial charge < -0.3 is 9.47 Å². The van der Waals surface area contributed by atoms with Crippen LogP contribution in [0.1, 0.15) is 39.5 Å². The Kier molecular flexibility index (Phi) is 11.1. The van der Waals surface area contributed by atoms with E-state index in [2.05, 4.69) is 9.47 Å². The van der Waals surface area contributed by atoms with Gasteiger partial charge in [-0.3, -0.25) is 9.59 Å². The molecule has 0 aliphatic rings. The molecule has 0 heterocycles. The number of esters is 2.